The minimum absolute atomic E-state index is 0.244. The molecule has 0 aliphatic carbocycles. The van der Waals surface area contributed by atoms with Crippen LogP contribution in [0.1, 0.15) is 25.1 Å². The number of carbonyl (C=O) groups excluding carboxylic acids is 1. The van der Waals surface area contributed by atoms with E-state index in [0.717, 1.165) is 10.8 Å². The van der Waals surface area contributed by atoms with Crippen molar-refractivity contribution in [2.45, 2.75) is 25.6 Å². The van der Waals surface area contributed by atoms with Gasteiger partial charge in [0.2, 0.25) is 0 Å². The molecular weight excluding hydrogens is 258 g/mol. The molecule has 0 amide bonds. The number of carbonyl (C=O) groups is 1. The van der Waals surface area contributed by atoms with Crippen LogP contribution in [0.15, 0.2) is 36.5 Å². The molecule has 0 bridgehead atoms. The van der Waals surface area contributed by atoms with E-state index in [1.807, 2.05) is 30.3 Å². The Morgan fingerprint density at radius 3 is 2.80 bits per heavy atom. The van der Waals surface area contributed by atoms with E-state index in [1.165, 1.54) is 0 Å². The summed E-state index contributed by atoms with van der Waals surface area (Å²) in [6.07, 6.45) is -1.17. The first-order valence-corrected chi connectivity index (χ1v) is 6.49. The van der Waals surface area contributed by atoms with Crippen molar-refractivity contribution in [2.75, 3.05) is 6.61 Å². The number of pyridine rings is 1. The standard InChI is InChI=1S/C15H17NO4/c1-2-20-13(18)9-12(17)15(19)14-11-6-4-3-5-10(11)7-8-16-14/h3-8,12,15,17,19H,2,9H2,1H3. The summed E-state index contributed by atoms with van der Waals surface area (Å²) in [5.41, 5.74) is 0.361. The molecule has 1 aromatic heterocycles. The van der Waals surface area contributed by atoms with Gasteiger partial charge in [0.15, 0.2) is 0 Å². The van der Waals surface area contributed by atoms with Gasteiger partial charge in [0.05, 0.1) is 24.8 Å². The Hall–Kier alpha value is -1.98. The molecule has 2 atom stereocenters. The zero-order chi connectivity index (χ0) is 14.5. The molecule has 1 aromatic carbocycles. The molecule has 2 aromatic rings. The van der Waals surface area contributed by atoms with Crippen molar-refractivity contribution in [3.05, 3.63) is 42.2 Å². The second kappa shape index (κ2) is 6.45. The van der Waals surface area contributed by atoms with Gasteiger partial charge in [0, 0.05) is 11.6 Å². The van der Waals surface area contributed by atoms with Gasteiger partial charge in [-0.3, -0.25) is 9.78 Å². The van der Waals surface area contributed by atoms with Crippen LogP contribution in [0, 0.1) is 0 Å². The fraction of sp³-hybridized carbons (Fsp3) is 0.333. The maximum atomic E-state index is 11.3. The third-order valence-corrected chi connectivity index (χ3v) is 3.03. The molecule has 0 radical (unpaired) electrons. The number of hydrogen-bond acceptors (Lipinski definition) is 5. The average Bonchev–Trinajstić information content (AvgIpc) is 2.46. The van der Waals surface area contributed by atoms with Gasteiger partial charge in [-0.25, -0.2) is 0 Å². The lowest BCUT2D eigenvalue weighted by atomic mass is 10.0. The summed E-state index contributed by atoms with van der Waals surface area (Å²) in [6.45, 7) is 1.93. The number of fused-ring (bicyclic) bond motifs is 1. The molecule has 106 valence electrons. The maximum Gasteiger partial charge on any atom is 0.308 e. The van der Waals surface area contributed by atoms with E-state index in [9.17, 15) is 15.0 Å². The monoisotopic (exact) mass is 275 g/mol. The largest absolute Gasteiger partial charge is 0.466 e. The van der Waals surface area contributed by atoms with Gasteiger partial charge in [-0.1, -0.05) is 24.3 Å². The van der Waals surface area contributed by atoms with E-state index in [0.29, 0.717) is 5.69 Å². The van der Waals surface area contributed by atoms with Crippen LogP contribution in [-0.2, 0) is 9.53 Å². The number of nitrogens with zero attached hydrogens (tertiary/aromatic N) is 1. The maximum absolute atomic E-state index is 11.3. The summed E-state index contributed by atoms with van der Waals surface area (Å²) in [7, 11) is 0. The summed E-state index contributed by atoms with van der Waals surface area (Å²) < 4.78 is 4.76. The first kappa shape index (κ1) is 14.4. The zero-order valence-corrected chi connectivity index (χ0v) is 11.2. The van der Waals surface area contributed by atoms with E-state index in [1.54, 1.807) is 13.1 Å². The number of esters is 1. The number of benzene rings is 1. The summed E-state index contributed by atoms with van der Waals surface area (Å²) in [6, 6.07) is 9.25. The van der Waals surface area contributed by atoms with E-state index >= 15 is 0 Å². The van der Waals surface area contributed by atoms with E-state index in [2.05, 4.69) is 4.98 Å². The third-order valence-electron chi connectivity index (χ3n) is 3.03. The second-order valence-electron chi connectivity index (χ2n) is 4.44. The second-order valence-corrected chi connectivity index (χ2v) is 4.44. The molecular formula is C15H17NO4. The van der Waals surface area contributed by atoms with Crippen LogP contribution in [0.4, 0.5) is 0 Å². The lowest BCUT2D eigenvalue weighted by molar-refractivity contribution is -0.147. The van der Waals surface area contributed by atoms with Gasteiger partial charge < -0.3 is 14.9 Å². The fourth-order valence-electron chi connectivity index (χ4n) is 2.06. The number of rotatable bonds is 5. The highest BCUT2D eigenvalue weighted by molar-refractivity contribution is 5.84. The molecule has 5 heteroatoms. The van der Waals surface area contributed by atoms with Crippen molar-refractivity contribution < 1.29 is 19.7 Å². The molecule has 2 rings (SSSR count). The Morgan fingerprint density at radius 2 is 2.05 bits per heavy atom. The predicted molar refractivity (Wildman–Crippen MR) is 74.0 cm³/mol. The van der Waals surface area contributed by atoms with Gasteiger partial charge in [-0.15, -0.1) is 0 Å². The molecule has 2 unspecified atom stereocenters. The van der Waals surface area contributed by atoms with Crippen LogP contribution >= 0.6 is 0 Å². The normalized spacial score (nSPS) is 13.9. The SMILES string of the molecule is CCOC(=O)CC(O)C(O)c1nccc2ccccc12. The summed E-state index contributed by atoms with van der Waals surface area (Å²) >= 11 is 0. The van der Waals surface area contributed by atoms with E-state index < -0.39 is 18.2 Å². The molecule has 2 N–H and O–H groups in total. The topological polar surface area (TPSA) is 79.7 Å². The first-order chi connectivity index (χ1) is 9.63. The average molecular weight is 275 g/mol. The number of aliphatic hydroxyl groups excluding tert-OH is 2. The Balaban J connectivity index is 2.22. The van der Waals surface area contributed by atoms with Crippen LogP contribution in [0.5, 0.6) is 0 Å². The Morgan fingerprint density at radius 1 is 1.30 bits per heavy atom. The zero-order valence-electron chi connectivity index (χ0n) is 11.2. The Bertz CT molecular complexity index is 594. The van der Waals surface area contributed by atoms with Gasteiger partial charge in [-0.05, 0) is 18.4 Å². The lowest BCUT2D eigenvalue weighted by Crippen LogP contribution is -2.24. The highest BCUT2D eigenvalue weighted by atomic mass is 16.5. The third kappa shape index (κ3) is 3.12. The van der Waals surface area contributed by atoms with Crippen LogP contribution in [0.25, 0.3) is 10.8 Å². The first-order valence-electron chi connectivity index (χ1n) is 6.49. The fourth-order valence-corrected chi connectivity index (χ4v) is 2.06. The van der Waals surface area contributed by atoms with Crippen molar-refractivity contribution in [3.8, 4) is 0 Å². The van der Waals surface area contributed by atoms with Crippen molar-refractivity contribution in [1.29, 1.82) is 0 Å². The molecule has 0 saturated heterocycles. The van der Waals surface area contributed by atoms with Crippen molar-refractivity contribution >= 4 is 16.7 Å². The van der Waals surface area contributed by atoms with Crippen molar-refractivity contribution in [1.82, 2.24) is 4.98 Å². The van der Waals surface area contributed by atoms with Gasteiger partial charge in [0.1, 0.15) is 6.10 Å². The number of hydrogen-bond donors (Lipinski definition) is 2. The predicted octanol–water partition coefficient (Wildman–Crippen LogP) is 1.58. The van der Waals surface area contributed by atoms with Crippen molar-refractivity contribution in [3.63, 3.8) is 0 Å². The molecule has 0 saturated carbocycles. The van der Waals surface area contributed by atoms with Crippen LogP contribution in [0.2, 0.25) is 0 Å². The summed E-state index contributed by atoms with van der Waals surface area (Å²) in [4.78, 5) is 15.5. The Labute approximate surface area is 116 Å². The molecule has 0 spiro atoms. The number of aliphatic hydroxyl groups is 2. The quantitative estimate of drug-likeness (QED) is 0.810. The summed E-state index contributed by atoms with van der Waals surface area (Å²) in [5, 5.41) is 21.8. The van der Waals surface area contributed by atoms with Gasteiger partial charge in [-0.2, -0.15) is 0 Å². The molecule has 20 heavy (non-hydrogen) atoms. The smallest absolute Gasteiger partial charge is 0.308 e. The minimum atomic E-state index is -1.24. The lowest BCUT2D eigenvalue weighted by Gasteiger charge is -2.18. The molecule has 0 fully saturated rings. The van der Waals surface area contributed by atoms with Crippen LogP contribution < -0.4 is 0 Å². The highest BCUT2D eigenvalue weighted by Gasteiger charge is 2.24. The minimum Gasteiger partial charge on any atom is -0.466 e. The van der Waals surface area contributed by atoms with Gasteiger partial charge in [0.25, 0.3) is 0 Å². The van der Waals surface area contributed by atoms with Crippen LogP contribution in [0.3, 0.4) is 0 Å². The number of ether oxygens (including phenoxy) is 1. The number of aromatic nitrogens is 1. The van der Waals surface area contributed by atoms with E-state index in [-0.39, 0.29) is 13.0 Å². The van der Waals surface area contributed by atoms with Crippen LogP contribution in [-0.4, -0.2) is 33.9 Å². The van der Waals surface area contributed by atoms with Crippen molar-refractivity contribution in [2.24, 2.45) is 0 Å². The summed E-state index contributed by atoms with van der Waals surface area (Å²) in [5.74, 6) is -0.542. The molecule has 0 aliphatic heterocycles. The van der Waals surface area contributed by atoms with E-state index in [4.69, 9.17) is 4.74 Å². The molecule has 5 nitrogen and oxygen atoms in total. The highest BCUT2D eigenvalue weighted by Crippen LogP contribution is 2.25. The molecule has 1 heterocycles. The van der Waals surface area contributed by atoms with Gasteiger partial charge >= 0.3 is 5.97 Å². The molecule has 0 aliphatic rings. The Kier molecular flexibility index (Phi) is 4.65.